The van der Waals surface area contributed by atoms with E-state index in [1.54, 1.807) is 7.11 Å². The molecule has 2 aromatic rings. The van der Waals surface area contributed by atoms with Gasteiger partial charge >= 0.3 is 5.97 Å². The number of imidazole rings is 1. The van der Waals surface area contributed by atoms with Crippen LogP contribution in [0.5, 0.6) is 5.75 Å². The molecule has 18 heavy (non-hydrogen) atoms. The highest BCUT2D eigenvalue weighted by molar-refractivity contribution is 5.84. The molecular formula is C13H14N2O3. The molecule has 1 heterocycles. The molecule has 5 nitrogen and oxygen atoms in total. The van der Waals surface area contributed by atoms with Crippen LogP contribution in [0.4, 0.5) is 0 Å². The van der Waals surface area contributed by atoms with Crippen LogP contribution in [0.25, 0.3) is 11.3 Å². The smallest absolute Gasteiger partial charge is 0.371 e. The van der Waals surface area contributed by atoms with E-state index in [0.29, 0.717) is 5.69 Å². The van der Waals surface area contributed by atoms with E-state index in [4.69, 9.17) is 9.84 Å². The van der Waals surface area contributed by atoms with Crippen molar-refractivity contribution in [1.29, 1.82) is 0 Å². The summed E-state index contributed by atoms with van der Waals surface area (Å²) in [6.45, 7) is 2.04. The molecular weight excluding hydrogens is 232 g/mol. The standard InChI is InChI=1S/C13H14N2O3/c1-3-8-6-9(4-5-11(8)18-2)10-7-14-12(15-10)13(16)17/h4-7H,3H2,1-2H3,(H,14,15)(H,16,17). The molecule has 0 amide bonds. The number of H-pyrrole nitrogens is 1. The highest BCUT2D eigenvalue weighted by atomic mass is 16.5. The van der Waals surface area contributed by atoms with Gasteiger partial charge in [0, 0.05) is 5.56 Å². The number of aromatic nitrogens is 2. The Kier molecular flexibility index (Phi) is 3.32. The van der Waals surface area contributed by atoms with Crippen molar-refractivity contribution in [3.8, 4) is 17.0 Å². The fourth-order valence-electron chi connectivity index (χ4n) is 1.80. The third-order valence-electron chi connectivity index (χ3n) is 2.75. The van der Waals surface area contributed by atoms with Gasteiger partial charge in [-0.2, -0.15) is 0 Å². The lowest BCUT2D eigenvalue weighted by atomic mass is 10.1. The van der Waals surface area contributed by atoms with Gasteiger partial charge in [-0.1, -0.05) is 6.92 Å². The largest absolute Gasteiger partial charge is 0.496 e. The van der Waals surface area contributed by atoms with E-state index < -0.39 is 5.97 Å². The highest BCUT2D eigenvalue weighted by Crippen LogP contribution is 2.26. The number of nitrogens with one attached hydrogen (secondary N) is 1. The fourth-order valence-corrected chi connectivity index (χ4v) is 1.80. The third kappa shape index (κ3) is 2.20. The first-order chi connectivity index (χ1) is 8.65. The van der Waals surface area contributed by atoms with E-state index in [1.165, 1.54) is 6.20 Å². The maximum atomic E-state index is 10.8. The predicted molar refractivity (Wildman–Crippen MR) is 66.9 cm³/mol. The van der Waals surface area contributed by atoms with Crippen molar-refractivity contribution in [2.24, 2.45) is 0 Å². The number of hydrogen-bond acceptors (Lipinski definition) is 3. The number of aryl methyl sites for hydroxylation is 1. The summed E-state index contributed by atoms with van der Waals surface area (Å²) < 4.78 is 5.25. The lowest BCUT2D eigenvalue weighted by molar-refractivity contribution is 0.0685. The van der Waals surface area contributed by atoms with Crippen LogP contribution in [-0.4, -0.2) is 28.2 Å². The van der Waals surface area contributed by atoms with Crippen LogP contribution in [0.3, 0.4) is 0 Å². The summed E-state index contributed by atoms with van der Waals surface area (Å²) >= 11 is 0. The van der Waals surface area contributed by atoms with E-state index in [-0.39, 0.29) is 5.82 Å². The molecule has 0 bridgehead atoms. The number of hydrogen-bond donors (Lipinski definition) is 2. The molecule has 0 fully saturated rings. The number of aromatic amines is 1. The molecule has 2 N–H and O–H groups in total. The van der Waals surface area contributed by atoms with Gasteiger partial charge in [0.15, 0.2) is 0 Å². The minimum absolute atomic E-state index is 0.0566. The SMILES string of the molecule is CCc1cc(-c2cnc(C(=O)O)[nH]2)ccc1OC. The van der Waals surface area contributed by atoms with Gasteiger partial charge in [-0.3, -0.25) is 0 Å². The van der Waals surface area contributed by atoms with Crippen molar-refractivity contribution in [2.75, 3.05) is 7.11 Å². The van der Waals surface area contributed by atoms with Crippen molar-refractivity contribution in [2.45, 2.75) is 13.3 Å². The van der Waals surface area contributed by atoms with E-state index in [1.807, 2.05) is 25.1 Å². The molecule has 0 aliphatic heterocycles. The lowest BCUT2D eigenvalue weighted by Crippen LogP contribution is -1.98. The number of carboxylic acids is 1. The fraction of sp³-hybridized carbons (Fsp3) is 0.231. The maximum absolute atomic E-state index is 10.8. The van der Waals surface area contributed by atoms with Gasteiger partial charge in [0.1, 0.15) is 5.75 Å². The van der Waals surface area contributed by atoms with E-state index in [0.717, 1.165) is 23.3 Å². The zero-order valence-corrected chi connectivity index (χ0v) is 10.2. The van der Waals surface area contributed by atoms with Crippen LogP contribution >= 0.6 is 0 Å². The maximum Gasteiger partial charge on any atom is 0.371 e. The predicted octanol–water partition coefficient (Wildman–Crippen LogP) is 2.35. The van der Waals surface area contributed by atoms with Crippen molar-refractivity contribution in [3.05, 3.63) is 35.8 Å². The first-order valence-corrected chi connectivity index (χ1v) is 5.61. The second-order valence-corrected chi connectivity index (χ2v) is 3.83. The van der Waals surface area contributed by atoms with Gasteiger partial charge < -0.3 is 14.8 Å². The number of nitrogens with zero attached hydrogens (tertiary/aromatic N) is 1. The number of carbonyl (C=O) groups is 1. The number of methoxy groups -OCH3 is 1. The number of carboxylic acid groups (broad SMARTS) is 1. The van der Waals surface area contributed by atoms with Crippen LogP contribution in [0.2, 0.25) is 0 Å². The number of benzene rings is 1. The molecule has 0 saturated carbocycles. The average Bonchev–Trinajstić information content (AvgIpc) is 2.87. The first kappa shape index (κ1) is 12.2. The Bertz CT molecular complexity index is 575. The quantitative estimate of drug-likeness (QED) is 0.868. The van der Waals surface area contributed by atoms with Crippen molar-refractivity contribution >= 4 is 5.97 Å². The van der Waals surface area contributed by atoms with E-state index >= 15 is 0 Å². The average molecular weight is 246 g/mol. The monoisotopic (exact) mass is 246 g/mol. The zero-order valence-electron chi connectivity index (χ0n) is 10.2. The normalized spacial score (nSPS) is 10.3. The molecule has 0 aliphatic carbocycles. The summed E-state index contributed by atoms with van der Waals surface area (Å²) in [6, 6.07) is 5.71. The molecule has 0 unspecified atom stereocenters. The Balaban J connectivity index is 2.41. The molecule has 1 aromatic carbocycles. The van der Waals surface area contributed by atoms with Gasteiger partial charge in [-0.05, 0) is 30.2 Å². The van der Waals surface area contributed by atoms with E-state index in [2.05, 4.69) is 9.97 Å². The summed E-state index contributed by atoms with van der Waals surface area (Å²) in [5.41, 5.74) is 2.65. The highest BCUT2D eigenvalue weighted by Gasteiger charge is 2.10. The van der Waals surface area contributed by atoms with Gasteiger partial charge in [-0.25, -0.2) is 9.78 Å². The van der Waals surface area contributed by atoms with Crippen molar-refractivity contribution < 1.29 is 14.6 Å². The molecule has 0 radical (unpaired) electrons. The van der Waals surface area contributed by atoms with Gasteiger partial charge in [-0.15, -0.1) is 0 Å². The van der Waals surface area contributed by atoms with Crippen molar-refractivity contribution in [1.82, 2.24) is 9.97 Å². The summed E-state index contributed by atoms with van der Waals surface area (Å²) in [5, 5.41) is 8.81. The van der Waals surface area contributed by atoms with Gasteiger partial charge in [0.05, 0.1) is 19.0 Å². The second-order valence-electron chi connectivity index (χ2n) is 3.83. The van der Waals surface area contributed by atoms with Crippen LogP contribution in [0.1, 0.15) is 23.1 Å². The molecule has 0 spiro atoms. The third-order valence-corrected chi connectivity index (χ3v) is 2.75. The summed E-state index contributed by atoms with van der Waals surface area (Å²) in [5.74, 6) is -0.288. The Morgan fingerprint density at radius 1 is 1.50 bits per heavy atom. The molecule has 0 aliphatic rings. The van der Waals surface area contributed by atoms with Crippen LogP contribution in [0.15, 0.2) is 24.4 Å². The van der Waals surface area contributed by atoms with E-state index in [9.17, 15) is 4.79 Å². The molecule has 5 heteroatoms. The molecule has 1 aromatic heterocycles. The number of aromatic carboxylic acids is 1. The Hall–Kier alpha value is -2.30. The zero-order chi connectivity index (χ0) is 13.1. The first-order valence-electron chi connectivity index (χ1n) is 5.61. The Labute approximate surface area is 104 Å². The van der Waals surface area contributed by atoms with Crippen molar-refractivity contribution in [3.63, 3.8) is 0 Å². The molecule has 0 atom stereocenters. The Morgan fingerprint density at radius 3 is 2.83 bits per heavy atom. The minimum atomic E-state index is -1.06. The minimum Gasteiger partial charge on any atom is -0.496 e. The van der Waals surface area contributed by atoms with Gasteiger partial charge in [0.25, 0.3) is 0 Å². The van der Waals surface area contributed by atoms with Crippen LogP contribution in [-0.2, 0) is 6.42 Å². The van der Waals surface area contributed by atoms with Gasteiger partial charge in [0.2, 0.25) is 5.82 Å². The molecule has 2 rings (SSSR count). The topological polar surface area (TPSA) is 75.2 Å². The molecule has 94 valence electrons. The van der Waals surface area contributed by atoms with Crippen LogP contribution in [0, 0.1) is 0 Å². The second kappa shape index (κ2) is 4.91. The number of rotatable bonds is 4. The Morgan fingerprint density at radius 2 is 2.28 bits per heavy atom. The van der Waals surface area contributed by atoms with Crippen LogP contribution < -0.4 is 4.74 Å². The number of ether oxygens (including phenoxy) is 1. The molecule has 0 saturated heterocycles. The summed E-state index contributed by atoms with van der Waals surface area (Å²) in [7, 11) is 1.63. The summed E-state index contributed by atoms with van der Waals surface area (Å²) in [6.07, 6.45) is 2.36. The summed E-state index contributed by atoms with van der Waals surface area (Å²) in [4.78, 5) is 17.3. The lowest BCUT2D eigenvalue weighted by Gasteiger charge is -2.08.